The van der Waals surface area contributed by atoms with Crippen LogP contribution in [0.3, 0.4) is 0 Å². The summed E-state index contributed by atoms with van der Waals surface area (Å²) >= 11 is 22.0. The van der Waals surface area contributed by atoms with Crippen LogP contribution in [0.25, 0.3) is 0 Å². The largest absolute Gasteiger partial charge is 0.117 e. The molecule has 0 N–H and O–H groups in total. The van der Waals surface area contributed by atoms with Crippen LogP contribution in [-0.4, -0.2) is 0 Å². The Morgan fingerprint density at radius 2 is 1.83 bits per heavy atom. The minimum absolute atomic E-state index is 0.173. The monoisotopic (exact) mass is 362 g/mol. The lowest BCUT2D eigenvalue weighted by atomic mass is 10.0. The summed E-state index contributed by atoms with van der Waals surface area (Å²) in [5.41, 5.74) is 2.02. The first-order valence-electron chi connectivity index (χ1n) is 5.40. The van der Waals surface area contributed by atoms with Crippen molar-refractivity contribution in [1.82, 2.24) is 0 Å². The lowest BCUT2D eigenvalue weighted by Gasteiger charge is -2.12. The number of rotatable bonds is 3. The maximum absolute atomic E-state index is 6.42. The molecule has 0 aliphatic carbocycles. The number of hydrogen-bond donors (Lipinski definition) is 0. The summed E-state index contributed by atoms with van der Waals surface area (Å²) in [5, 5.41) is 1.23. The van der Waals surface area contributed by atoms with Gasteiger partial charge in [-0.1, -0.05) is 51.3 Å². The maximum Gasteiger partial charge on any atom is 0.0640 e. The highest BCUT2D eigenvalue weighted by Crippen LogP contribution is 2.33. The van der Waals surface area contributed by atoms with E-state index in [1.54, 1.807) is 0 Å². The number of hydrogen-bond acceptors (Lipinski definition) is 0. The zero-order chi connectivity index (χ0) is 13.1. The second-order valence-corrected chi connectivity index (χ2v) is 6.25. The molecule has 0 fully saturated rings. The van der Waals surface area contributed by atoms with Crippen LogP contribution in [0.1, 0.15) is 16.5 Å². The van der Waals surface area contributed by atoms with Gasteiger partial charge in [-0.25, -0.2) is 0 Å². The Hall–Kier alpha value is -0.210. The zero-order valence-electron chi connectivity index (χ0n) is 9.34. The molecule has 0 nitrogen and oxygen atoms in total. The first-order chi connectivity index (χ1) is 8.56. The van der Waals surface area contributed by atoms with Crippen LogP contribution in [0, 0.1) is 0 Å². The van der Waals surface area contributed by atoms with E-state index in [1.807, 2.05) is 42.5 Å². The molecule has 0 saturated carbocycles. The molecule has 2 rings (SSSR count). The molecule has 1 atom stereocenters. The molecule has 4 heteroatoms. The van der Waals surface area contributed by atoms with Gasteiger partial charge in [0, 0.05) is 14.5 Å². The van der Waals surface area contributed by atoms with Gasteiger partial charge in [0.15, 0.2) is 0 Å². The van der Waals surface area contributed by atoms with E-state index in [1.165, 1.54) is 0 Å². The van der Waals surface area contributed by atoms with Gasteiger partial charge in [-0.15, -0.1) is 11.6 Å². The van der Waals surface area contributed by atoms with Crippen molar-refractivity contribution in [1.29, 1.82) is 0 Å². The number of benzene rings is 2. The van der Waals surface area contributed by atoms with Gasteiger partial charge in [-0.2, -0.15) is 0 Å². The summed E-state index contributed by atoms with van der Waals surface area (Å²) in [5.74, 6) is 0. The topological polar surface area (TPSA) is 0 Å². The molecule has 0 aromatic heterocycles. The Kier molecular flexibility index (Phi) is 4.97. The van der Waals surface area contributed by atoms with Gasteiger partial charge in [0.05, 0.1) is 5.38 Å². The molecule has 2 aromatic rings. The summed E-state index contributed by atoms with van der Waals surface area (Å²) in [4.78, 5) is 0. The fourth-order valence-electron chi connectivity index (χ4n) is 1.74. The van der Waals surface area contributed by atoms with E-state index in [9.17, 15) is 0 Å². The molecule has 0 saturated heterocycles. The van der Waals surface area contributed by atoms with E-state index in [2.05, 4.69) is 15.9 Å². The molecule has 0 heterocycles. The highest BCUT2D eigenvalue weighted by molar-refractivity contribution is 9.10. The number of alkyl halides is 1. The van der Waals surface area contributed by atoms with E-state index < -0.39 is 0 Å². The van der Waals surface area contributed by atoms with Gasteiger partial charge >= 0.3 is 0 Å². The SMILES string of the molecule is Clc1cccc(CC(Cl)c2cc(Br)ccc2Cl)c1. The van der Waals surface area contributed by atoms with Gasteiger partial charge in [0.1, 0.15) is 0 Å². The molecular weight excluding hydrogens is 354 g/mol. The van der Waals surface area contributed by atoms with Crippen LogP contribution in [0.2, 0.25) is 10.0 Å². The second-order valence-electron chi connectivity index (χ2n) is 3.97. The summed E-state index contributed by atoms with van der Waals surface area (Å²) in [6.45, 7) is 0. The number of halogens is 4. The van der Waals surface area contributed by atoms with Crippen molar-refractivity contribution < 1.29 is 0 Å². The third-order valence-corrected chi connectivity index (χ3v) is 4.06. The van der Waals surface area contributed by atoms with Crippen LogP contribution in [0.4, 0.5) is 0 Å². The first kappa shape index (κ1) is 14.2. The van der Waals surface area contributed by atoms with Crippen molar-refractivity contribution in [2.24, 2.45) is 0 Å². The molecule has 0 aliphatic heterocycles. The van der Waals surface area contributed by atoms with E-state index in [0.717, 1.165) is 20.6 Å². The molecule has 18 heavy (non-hydrogen) atoms. The maximum atomic E-state index is 6.42. The Morgan fingerprint density at radius 1 is 1.06 bits per heavy atom. The summed E-state index contributed by atoms with van der Waals surface area (Å²) in [6, 6.07) is 13.4. The fourth-order valence-corrected chi connectivity index (χ4v) is 2.99. The molecular formula is C14H10BrCl3. The van der Waals surface area contributed by atoms with E-state index in [4.69, 9.17) is 34.8 Å². The van der Waals surface area contributed by atoms with Gasteiger partial charge < -0.3 is 0 Å². The van der Waals surface area contributed by atoms with Crippen molar-refractivity contribution in [2.75, 3.05) is 0 Å². The van der Waals surface area contributed by atoms with Crippen LogP contribution in [-0.2, 0) is 6.42 Å². The normalized spacial score (nSPS) is 12.4. The molecule has 0 aliphatic rings. The van der Waals surface area contributed by atoms with Gasteiger partial charge in [0.25, 0.3) is 0 Å². The summed E-state index contributed by atoms with van der Waals surface area (Å²) < 4.78 is 0.971. The van der Waals surface area contributed by atoms with Crippen molar-refractivity contribution in [3.05, 3.63) is 68.1 Å². The van der Waals surface area contributed by atoms with Gasteiger partial charge in [0.2, 0.25) is 0 Å². The fraction of sp³-hybridized carbons (Fsp3) is 0.143. The molecule has 0 spiro atoms. The van der Waals surface area contributed by atoms with Crippen LogP contribution in [0.5, 0.6) is 0 Å². The minimum atomic E-state index is -0.173. The average Bonchev–Trinajstić information content (AvgIpc) is 2.32. The lowest BCUT2D eigenvalue weighted by Crippen LogP contribution is -1.97. The van der Waals surface area contributed by atoms with Crippen molar-refractivity contribution >= 4 is 50.7 Å². The van der Waals surface area contributed by atoms with Crippen molar-refractivity contribution in [2.45, 2.75) is 11.8 Å². The van der Waals surface area contributed by atoms with Crippen molar-refractivity contribution in [3.8, 4) is 0 Å². The Labute approximate surface area is 130 Å². The molecule has 0 bridgehead atoms. The van der Waals surface area contributed by atoms with Crippen molar-refractivity contribution in [3.63, 3.8) is 0 Å². The molecule has 94 valence electrons. The third kappa shape index (κ3) is 3.64. The second kappa shape index (κ2) is 6.29. The first-order valence-corrected chi connectivity index (χ1v) is 7.38. The predicted molar refractivity (Wildman–Crippen MR) is 82.9 cm³/mol. The lowest BCUT2D eigenvalue weighted by molar-refractivity contribution is 0.919. The van der Waals surface area contributed by atoms with Crippen LogP contribution in [0.15, 0.2) is 46.9 Å². The van der Waals surface area contributed by atoms with E-state index in [0.29, 0.717) is 11.4 Å². The van der Waals surface area contributed by atoms with E-state index >= 15 is 0 Å². The molecule has 0 amide bonds. The Bertz CT molecular complexity index is 554. The zero-order valence-corrected chi connectivity index (χ0v) is 13.2. The smallest absolute Gasteiger partial charge is 0.0640 e. The van der Waals surface area contributed by atoms with Gasteiger partial charge in [-0.3, -0.25) is 0 Å². The molecule has 1 unspecified atom stereocenters. The summed E-state index contributed by atoms with van der Waals surface area (Å²) in [7, 11) is 0. The molecule has 0 radical (unpaired) electrons. The quantitative estimate of drug-likeness (QED) is 0.562. The Morgan fingerprint density at radius 3 is 2.56 bits per heavy atom. The predicted octanol–water partition coefficient (Wildman–Crippen LogP) is 6.28. The van der Waals surface area contributed by atoms with Gasteiger partial charge in [-0.05, 0) is 47.9 Å². The minimum Gasteiger partial charge on any atom is -0.117 e. The van der Waals surface area contributed by atoms with Crippen LogP contribution >= 0.6 is 50.7 Å². The van der Waals surface area contributed by atoms with Crippen LogP contribution < -0.4 is 0 Å². The van der Waals surface area contributed by atoms with E-state index in [-0.39, 0.29) is 5.38 Å². The molecule has 2 aromatic carbocycles. The highest BCUT2D eigenvalue weighted by Gasteiger charge is 2.13. The Balaban J connectivity index is 2.21. The highest BCUT2D eigenvalue weighted by atomic mass is 79.9. The standard InChI is InChI=1S/C14H10BrCl3/c15-10-4-5-13(17)12(8-10)14(18)7-9-2-1-3-11(16)6-9/h1-6,8,14H,7H2. The summed E-state index contributed by atoms with van der Waals surface area (Å²) in [6.07, 6.45) is 0.693. The average molecular weight is 364 g/mol. The third-order valence-electron chi connectivity index (χ3n) is 2.60.